The number of piperidine rings is 1. The van der Waals surface area contributed by atoms with Gasteiger partial charge in [0.2, 0.25) is 0 Å². The number of hydrogen-bond acceptors (Lipinski definition) is 4. The van der Waals surface area contributed by atoms with Crippen LogP contribution in [-0.4, -0.2) is 40.5 Å². The van der Waals surface area contributed by atoms with Crippen LogP contribution in [0.1, 0.15) is 37.7 Å². The molecular weight excluding hydrogens is 224 g/mol. The van der Waals surface area contributed by atoms with Gasteiger partial charge < -0.3 is 5.32 Å². The quantitative estimate of drug-likeness (QED) is 0.862. The fourth-order valence-electron chi connectivity index (χ4n) is 2.52. The maximum atomic E-state index is 4.48. The van der Waals surface area contributed by atoms with Gasteiger partial charge in [-0.25, -0.2) is 9.97 Å². The molecule has 1 atom stereocenters. The van der Waals surface area contributed by atoms with Crippen LogP contribution < -0.4 is 5.32 Å². The van der Waals surface area contributed by atoms with Gasteiger partial charge in [-0.3, -0.25) is 4.90 Å². The second kappa shape index (κ2) is 6.81. The van der Waals surface area contributed by atoms with Crippen LogP contribution in [0.25, 0.3) is 0 Å². The third kappa shape index (κ3) is 4.03. The highest BCUT2D eigenvalue weighted by Gasteiger charge is 2.16. The van der Waals surface area contributed by atoms with Gasteiger partial charge in [-0.05, 0) is 38.9 Å². The predicted molar refractivity (Wildman–Crippen MR) is 73.4 cm³/mol. The van der Waals surface area contributed by atoms with E-state index in [0.717, 1.165) is 31.2 Å². The van der Waals surface area contributed by atoms with E-state index >= 15 is 0 Å². The molecule has 1 aliphatic rings. The summed E-state index contributed by atoms with van der Waals surface area (Å²) in [5.41, 5.74) is 1.13. The number of aryl methyl sites for hydroxylation is 1. The fourth-order valence-corrected chi connectivity index (χ4v) is 2.52. The van der Waals surface area contributed by atoms with E-state index in [2.05, 4.69) is 27.1 Å². The summed E-state index contributed by atoms with van der Waals surface area (Å²) in [6.45, 7) is 8.47. The van der Waals surface area contributed by atoms with E-state index in [1.807, 2.05) is 19.2 Å². The Hall–Kier alpha value is -1.00. The minimum absolute atomic E-state index is 0.654. The molecule has 100 valence electrons. The van der Waals surface area contributed by atoms with Gasteiger partial charge in [0.15, 0.2) is 0 Å². The Morgan fingerprint density at radius 2 is 2.33 bits per heavy atom. The van der Waals surface area contributed by atoms with Gasteiger partial charge in [0.25, 0.3) is 0 Å². The summed E-state index contributed by atoms with van der Waals surface area (Å²) in [4.78, 5) is 11.1. The number of likely N-dealkylation sites (N-methyl/N-ethyl adjacent to an activating group) is 1. The van der Waals surface area contributed by atoms with Crippen molar-refractivity contribution in [1.29, 1.82) is 0 Å². The Balaban J connectivity index is 1.88. The van der Waals surface area contributed by atoms with Crippen LogP contribution in [0.4, 0.5) is 0 Å². The highest BCUT2D eigenvalue weighted by Crippen LogP contribution is 2.10. The van der Waals surface area contributed by atoms with Crippen LogP contribution >= 0.6 is 0 Å². The Bertz CT molecular complexity index is 361. The lowest BCUT2D eigenvalue weighted by molar-refractivity contribution is 0.224. The predicted octanol–water partition coefficient (Wildman–Crippen LogP) is 1.75. The van der Waals surface area contributed by atoms with Crippen molar-refractivity contribution < 1.29 is 0 Å². The van der Waals surface area contributed by atoms with Crippen molar-refractivity contribution >= 4 is 0 Å². The summed E-state index contributed by atoms with van der Waals surface area (Å²) in [6.07, 6.45) is 5.85. The van der Waals surface area contributed by atoms with Crippen molar-refractivity contribution in [2.24, 2.45) is 0 Å². The van der Waals surface area contributed by atoms with Gasteiger partial charge in [0.05, 0.1) is 5.69 Å². The third-order valence-electron chi connectivity index (χ3n) is 3.56. The third-order valence-corrected chi connectivity index (χ3v) is 3.56. The largest absolute Gasteiger partial charge is 0.313 e. The Morgan fingerprint density at radius 1 is 1.44 bits per heavy atom. The average Bonchev–Trinajstić information content (AvgIpc) is 2.39. The summed E-state index contributed by atoms with van der Waals surface area (Å²) in [6, 6.07) is 2.67. The molecule has 0 saturated carbocycles. The molecule has 0 radical (unpaired) electrons. The van der Waals surface area contributed by atoms with Crippen LogP contribution in [0.5, 0.6) is 0 Å². The number of nitrogens with zero attached hydrogens (tertiary/aromatic N) is 3. The van der Waals surface area contributed by atoms with Gasteiger partial charge in [0.1, 0.15) is 5.82 Å². The van der Waals surface area contributed by atoms with Crippen molar-refractivity contribution in [2.45, 2.75) is 45.7 Å². The molecule has 2 rings (SSSR count). The van der Waals surface area contributed by atoms with E-state index in [4.69, 9.17) is 0 Å². The first-order chi connectivity index (χ1) is 8.78. The minimum atomic E-state index is 0.654. The van der Waals surface area contributed by atoms with Crippen LogP contribution in [0.15, 0.2) is 12.3 Å². The minimum Gasteiger partial charge on any atom is -0.313 e. The van der Waals surface area contributed by atoms with Crippen molar-refractivity contribution in [2.75, 3.05) is 19.6 Å². The Labute approximate surface area is 110 Å². The number of hydrogen-bond donors (Lipinski definition) is 1. The van der Waals surface area contributed by atoms with Gasteiger partial charge in [0, 0.05) is 25.3 Å². The van der Waals surface area contributed by atoms with Crippen molar-refractivity contribution in [3.63, 3.8) is 0 Å². The van der Waals surface area contributed by atoms with Crippen LogP contribution in [0, 0.1) is 6.92 Å². The number of rotatable bonds is 5. The molecule has 0 aromatic carbocycles. The fraction of sp³-hybridized carbons (Fsp3) is 0.714. The summed E-state index contributed by atoms with van der Waals surface area (Å²) >= 11 is 0. The molecule has 0 spiro atoms. The second-order valence-electron chi connectivity index (χ2n) is 5.07. The molecule has 4 nitrogen and oxygen atoms in total. The molecule has 1 fully saturated rings. The number of aromatic nitrogens is 2. The highest BCUT2D eigenvalue weighted by molar-refractivity contribution is 5.01. The first-order valence-electron chi connectivity index (χ1n) is 7.02. The Morgan fingerprint density at radius 3 is 3.00 bits per heavy atom. The molecule has 0 aliphatic carbocycles. The molecule has 2 heterocycles. The summed E-state index contributed by atoms with van der Waals surface area (Å²) < 4.78 is 0. The van der Waals surface area contributed by atoms with Crippen LogP contribution in [-0.2, 0) is 6.54 Å². The smallest absolute Gasteiger partial charge is 0.125 e. The van der Waals surface area contributed by atoms with Crippen molar-refractivity contribution in [3.05, 3.63) is 23.8 Å². The van der Waals surface area contributed by atoms with Crippen LogP contribution in [0.3, 0.4) is 0 Å². The molecular formula is C14H24N4. The van der Waals surface area contributed by atoms with E-state index in [1.54, 1.807) is 0 Å². The van der Waals surface area contributed by atoms with Gasteiger partial charge in [-0.1, -0.05) is 13.3 Å². The van der Waals surface area contributed by atoms with E-state index in [-0.39, 0.29) is 0 Å². The molecule has 1 aromatic rings. The molecule has 0 amide bonds. The standard InChI is InChI=1S/C14H24N4/c1-3-18(10-13-6-4-5-8-16-13)11-14-7-9-15-12(2)17-14/h7,9,13,16H,3-6,8,10-11H2,1-2H3. The molecule has 4 heteroatoms. The lowest BCUT2D eigenvalue weighted by atomic mass is 10.0. The lowest BCUT2D eigenvalue weighted by Crippen LogP contribution is -2.43. The van der Waals surface area contributed by atoms with E-state index < -0.39 is 0 Å². The maximum Gasteiger partial charge on any atom is 0.125 e. The average molecular weight is 248 g/mol. The zero-order chi connectivity index (χ0) is 12.8. The molecule has 1 N–H and O–H groups in total. The topological polar surface area (TPSA) is 41.1 Å². The van der Waals surface area contributed by atoms with Crippen molar-refractivity contribution in [1.82, 2.24) is 20.2 Å². The zero-order valence-electron chi connectivity index (χ0n) is 11.5. The molecule has 1 unspecified atom stereocenters. The molecule has 18 heavy (non-hydrogen) atoms. The van der Waals surface area contributed by atoms with Gasteiger partial charge in [-0.15, -0.1) is 0 Å². The second-order valence-corrected chi connectivity index (χ2v) is 5.07. The van der Waals surface area contributed by atoms with Gasteiger partial charge >= 0.3 is 0 Å². The van der Waals surface area contributed by atoms with Crippen LogP contribution in [0.2, 0.25) is 0 Å². The zero-order valence-corrected chi connectivity index (χ0v) is 11.5. The first-order valence-corrected chi connectivity index (χ1v) is 7.02. The molecule has 1 aromatic heterocycles. The lowest BCUT2D eigenvalue weighted by Gasteiger charge is -2.29. The summed E-state index contributed by atoms with van der Waals surface area (Å²) in [7, 11) is 0. The van der Waals surface area contributed by atoms with Gasteiger partial charge in [-0.2, -0.15) is 0 Å². The number of nitrogens with one attached hydrogen (secondary N) is 1. The highest BCUT2D eigenvalue weighted by atomic mass is 15.2. The summed E-state index contributed by atoms with van der Waals surface area (Å²) in [5, 5.41) is 3.61. The maximum absolute atomic E-state index is 4.48. The molecule has 1 saturated heterocycles. The monoisotopic (exact) mass is 248 g/mol. The molecule has 0 bridgehead atoms. The van der Waals surface area contributed by atoms with E-state index in [0.29, 0.717) is 6.04 Å². The van der Waals surface area contributed by atoms with E-state index in [9.17, 15) is 0 Å². The first kappa shape index (κ1) is 13.4. The summed E-state index contributed by atoms with van der Waals surface area (Å²) in [5.74, 6) is 0.861. The molecule has 1 aliphatic heterocycles. The normalized spacial score (nSPS) is 20.3. The van der Waals surface area contributed by atoms with E-state index in [1.165, 1.54) is 25.8 Å². The Kier molecular flexibility index (Phi) is 5.08. The van der Waals surface area contributed by atoms with Crippen molar-refractivity contribution in [3.8, 4) is 0 Å². The SMILES string of the molecule is CCN(Cc1ccnc(C)n1)CC1CCCCN1.